The minimum absolute atomic E-state index is 0.0586. The van der Waals surface area contributed by atoms with Gasteiger partial charge in [-0.2, -0.15) is 10.1 Å². The number of carbonyl (C=O) groups is 1. The molecule has 0 saturated heterocycles. The number of benzene rings is 2. The lowest BCUT2D eigenvalue weighted by Crippen LogP contribution is -2.34. The van der Waals surface area contributed by atoms with Gasteiger partial charge in [-0.15, -0.1) is 0 Å². The van der Waals surface area contributed by atoms with Gasteiger partial charge in [0.25, 0.3) is 5.91 Å². The first kappa shape index (κ1) is 22.5. The topological polar surface area (TPSA) is 60.3 Å². The summed E-state index contributed by atoms with van der Waals surface area (Å²) in [6.07, 6.45) is 0.988. The summed E-state index contributed by atoms with van der Waals surface area (Å²) >= 11 is 0. The summed E-state index contributed by atoms with van der Waals surface area (Å²) in [6.45, 7) is 9.23. The Balaban J connectivity index is 1.56. The summed E-state index contributed by atoms with van der Waals surface area (Å²) in [4.78, 5) is 19.3. The number of amides is 1. The van der Waals surface area contributed by atoms with E-state index in [0.29, 0.717) is 19.0 Å². The van der Waals surface area contributed by atoms with Crippen LogP contribution in [0.25, 0.3) is 16.7 Å². The maximum atomic E-state index is 12.8. The van der Waals surface area contributed by atoms with E-state index in [4.69, 9.17) is 14.8 Å². The normalized spacial score (nSPS) is 11.0. The minimum atomic E-state index is -0.0688. The van der Waals surface area contributed by atoms with Crippen LogP contribution in [0.2, 0.25) is 0 Å². The van der Waals surface area contributed by atoms with Gasteiger partial charge in [0.1, 0.15) is 0 Å². The Morgan fingerprint density at radius 1 is 1.00 bits per heavy atom. The predicted molar refractivity (Wildman–Crippen MR) is 131 cm³/mol. The minimum Gasteiger partial charge on any atom is -0.467 e. The van der Waals surface area contributed by atoms with Crippen LogP contribution in [0.4, 0.5) is 0 Å². The second-order valence-electron chi connectivity index (χ2n) is 8.18. The SMILES string of the molecule is CCc1ccc(-n2nc(C)c3c(C)cc(OCC(=O)N(CC)Cc4ccccc4)nc32)cc1. The molecule has 0 bridgehead atoms. The van der Waals surface area contributed by atoms with Crippen molar-refractivity contribution in [1.82, 2.24) is 19.7 Å². The number of aryl methyl sites for hydroxylation is 3. The van der Waals surface area contributed by atoms with E-state index in [2.05, 4.69) is 31.2 Å². The van der Waals surface area contributed by atoms with Crippen LogP contribution in [0.5, 0.6) is 5.88 Å². The second kappa shape index (κ2) is 9.86. The molecule has 0 aliphatic heterocycles. The van der Waals surface area contributed by atoms with Crippen molar-refractivity contribution < 1.29 is 9.53 Å². The summed E-state index contributed by atoms with van der Waals surface area (Å²) in [7, 11) is 0. The van der Waals surface area contributed by atoms with Crippen LogP contribution in [0.3, 0.4) is 0 Å². The third-order valence-corrected chi connectivity index (χ3v) is 5.87. The molecule has 2 heterocycles. The number of pyridine rings is 1. The molecule has 4 rings (SSSR count). The molecule has 0 saturated carbocycles. The quantitative estimate of drug-likeness (QED) is 0.384. The number of fused-ring (bicyclic) bond motifs is 1. The number of ether oxygens (including phenoxy) is 1. The molecule has 0 spiro atoms. The van der Waals surface area contributed by atoms with Crippen molar-refractivity contribution in [1.29, 1.82) is 0 Å². The molecule has 6 heteroatoms. The Bertz CT molecular complexity index is 1250. The zero-order chi connectivity index (χ0) is 23.4. The van der Waals surface area contributed by atoms with Gasteiger partial charge in [-0.25, -0.2) is 4.68 Å². The number of hydrogen-bond acceptors (Lipinski definition) is 4. The van der Waals surface area contributed by atoms with Gasteiger partial charge in [0, 0.05) is 24.5 Å². The fourth-order valence-corrected chi connectivity index (χ4v) is 4.01. The fraction of sp³-hybridized carbons (Fsp3) is 0.296. The highest BCUT2D eigenvalue weighted by Crippen LogP contribution is 2.27. The van der Waals surface area contributed by atoms with Crippen LogP contribution < -0.4 is 4.74 Å². The molecule has 170 valence electrons. The Morgan fingerprint density at radius 3 is 2.39 bits per heavy atom. The molecule has 0 N–H and O–H groups in total. The lowest BCUT2D eigenvalue weighted by molar-refractivity contribution is -0.133. The van der Waals surface area contributed by atoms with Crippen LogP contribution in [-0.4, -0.2) is 38.7 Å². The molecule has 1 amide bonds. The molecular formula is C27H30N4O2. The van der Waals surface area contributed by atoms with E-state index >= 15 is 0 Å². The average molecular weight is 443 g/mol. The smallest absolute Gasteiger partial charge is 0.260 e. The first-order chi connectivity index (χ1) is 16.0. The molecular weight excluding hydrogens is 412 g/mol. The molecule has 2 aromatic heterocycles. The van der Waals surface area contributed by atoms with Gasteiger partial charge in [0.2, 0.25) is 5.88 Å². The number of aromatic nitrogens is 3. The fourth-order valence-electron chi connectivity index (χ4n) is 4.01. The van der Waals surface area contributed by atoms with Crippen molar-refractivity contribution in [3.8, 4) is 11.6 Å². The van der Waals surface area contributed by atoms with Crippen molar-refractivity contribution >= 4 is 16.9 Å². The van der Waals surface area contributed by atoms with E-state index in [9.17, 15) is 4.79 Å². The molecule has 0 radical (unpaired) electrons. The summed E-state index contributed by atoms with van der Waals surface area (Å²) in [5.41, 5.74) is 5.98. The van der Waals surface area contributed by atoms with Crippen molar-refractivity contribution in [2.75, 3.05) is 13.2 Å². The summed E-state index contributed by atoms with van der Waals surface area (Å²) in [6, 6.07) is 20.2. The van der Waals surface area contributed by atoms with Crippen LogP contribution in [0.15, 0.2) is 60.7 Å². The summed E-state index contributed by atoms with van der Waals surface area (Å²) < 4.78 is 7.72. The van der Waals surface area contributed by atoms with Gasteiger partial charge in [-0.3, -0.25) is 4.79 Å². The van der Waals surface area contributed by atoms with Crippen molar-refractivity contribution in [2.45, 2.75) is 40.7 Å². The van der Waals surface area contributed by atoms with Crippen LogP contribution in [0.1, 0.15) is 36.2 Å². The molecule has 6 nitrogen and oxygen atoms in total. The van der Waals surface area contributed by atoms with E-state index in [1.54, 1.807) is 4.90 Å². The summed E-state index contributed by atoms with van der Waals surface area (Å²) in [5, 5.41) is 5.73. The average Bonchev–Trinajstić information content (AvgIpc) is 3.18. The molecule has 2 aromatic carbocycles. The van der Waals surface area contributed by atoms with Gasteiger partial charge in [-0.05, 0) is 56.0 Å². The van der Waals surface area contributed by atoms with E-state index in [-0.39, 0.29) is 12.5 Å². The molecule has 0 aliphatic carbocycles. The number of nitrogens with zero attached hydrogens (tertiary/aromatic N) is 4. The molecule has 33 heavy (non-hydrogen) atoms. The molecule has 4 aromatic rings. The van der Waals surface area contributed by atoms with Crippen LogP contribution in [0, 0.1) is 13.8 Å². The number of likely N-dealkylation sites (N-methyl/N-ethyl adjacent to an activating group) is 1. The monoisotopic (exact) mass is 442 g/mol. The molecule has 0 atom stereocenters. The molecule has 0 aliphatic rings. The molecule has 0 fully saturated rings. The van der Waals surface area contributed by atoms with Gasteiger partial charge in [-0.1, -0.05) is 49.4 Å². The number of rotatable bonds is 8. The first-order valence-corrected chi connectivity index (χ1v) is 11.4. The first-order valence-electron chi connectivity index (χ1n) is 11.4. The largest absolute Gasteiger partial charge is 0.467 e. The van der Waals surface area contributed by atoms with Crippen molar-refractivity contribution in [3.63, 3.8) is 0 Å². The highest BCUT2D eigenvalue weighted by molar-refractivity contribution is 5.84. The highest BCUT2D eigenvalue weighted by Gasteiger charge is 2.17. The zero-order valence-electron chi connectivity index (χ0n) is 19.7. The highest BCUT2D eigenvalue weighted by atomic mass is 16.5. The Morgan fingerprint density at radius 2 is 1.73 bits per heavy atom. The maximum Gasteiger partial charge on any atom is 0.260 e. The zero-order valence-corrected chi connectivity index (χ0v) is 19.7. The Hall–Kier alpha value is -3.67. The second-order valence-corrected chi connectivity index (χ2v) is 8.18. The van der Waals surface area contributed by atoms with Gasteiger partial charge in [0.15, 0.2) is 12.3 Å². The van der Waals surface area contributed by atoms with Gasteiger partial charge in [0.05, 0.1) is 11.4 Å². The maximum absolute atomic E-state index is 12.8. The van der Waals surface area contributed by atoms with Gasteiger partial charge < -0.3 is 9.64 Å². The summed E-state index contributed by atoms with van der Waals surface area (Å²) in [5.74, 6) is 0.358. The van der Waals surface area contributed by atoms with Crippen molar-refractivity contribution in [3.05, 3.63) is 83.0 Å². The molecule has 0 unspecified atom stereocenters. The third kappa shape index (κ3) is 4.90. The van der Waals surface area contributed by atoms with E-state index in [1.165, 1.54) is 5.56 Å². The Kier molecular flexibility index (Phi) is 6.73. The number of hydrogen-bond donors (Lipinski definition) is 0. The van der Waals surface area contributed by atoms with E-state index < -0.39 is 0 Å². The van der Waals surface area contributed by atoms with E-state index in [1.807, 2.05) is 61.9 Å². The predicted octanol–water partition coefficient (Wildman–Crippen LogP) is 5.03. The van der Waals surface area contributed by atoms with Crippen molar-refractivity contribution in [2.24, 2.45) is 0 Å². The lowest BCUT2D eigenvalue weighted by Gasteiger charge is -2.21. The van der Waals surface area contributed by atoms with Crippen LogP contribution >= 0.6 is 0 Å². The van der Waals surface area contributed by atoms with Gasteiger partial charge >= 0.3 is 0 Å². The standard InChI is InChI=1S/C27H30N4O2/c1-5-21-12-14-23(15-13-21)31-27-26(20(4)29-31)19(3)16-24(28-27)33-18-25(32)30(6-2)17-22-10-8-7-9-11-22/h7-16H,5-6,17-18H2,1-4H3. The third-order valence-electron chi connectivity index (χ3n) is 5.87. The number of carbonyl (C=O) groups excluding carboxylic acids is 1. The van der Waals surface area contributed by atoms with E-state index in [0.717, 1.165) is 40.0 Å². The van der Waals surface area contributed by atoms with Crippen LogP contribution in [-0.2, 0) is 17.8 Å². The lowest BCUT2D eigenvalue weighted by atomic mass is 10.1. The Labute approximate surface area is 194 Å².